The van der Waals surface area contributed by atoms with E-state index in [0.29, 0.717) is 31.1 Å². The van der Waals surface area contributed by atoms with Crippen molar-refractivity contribution in [2.24, 2.45) is 7.05 Å². The predicted molar refractivity (Wildman–Crippen MR) is 125 cm³/mol. The first-order valence-corrected chi connectivity index (χ1v) is 11.2. The highest BCUT2D eigenvalue weighted by atomic mass is 19.4. The molecule has 9 nitrogen and oxygen atoms in total. The monoisotopic (exact) mass is 497 g/mol. The lowest BCUT2D eigenvalue weighted by Gasteiger charge is -2.33. The summed E-state index contributed by atoms with van der Waals surface area (Å²) in [4.78, 5) is 36.5. The first kappa shape index (κ1) is 23.8. The summed E-state index contributed by atoms with van der Waals surface area (Å²) in [6.07, 6.45) is -2.04. The third kappa shape index (κ3) is 4.39. The van der Waals surface area contributed by atoms with Crippen molar-refractivity contribution in [1.82, 2.24) is 29.5 Å². The van der Waals surface area contributed by atoms with Gasteiger partial charge < -0.3 is 9.64 Å². The largest absolute Gasteiger partial charge is 0.433 e. The summed E-state index contributed by atoms with van der Waals surface area (Å²) in [7, 11) is 1.59. The molecule has 1 saturated heterocycles. The number of hydrogen-bond donors (Lipinski definition) is 0. The van der Waals surface area contributed by atoms with E-state index in [1.54, 1.807) is 20.2 Å². The molecule has 5 rings (SSSR count). The van der Waals surface area contributed by atoms with Crippen molar-refractivity contribution >= 4 is 17.0 Å². The molecule has 0 aliphatic carbocycles. The van der Waals surface area contributed by atoms with Crippen molar-refractivity contribution in [3.05, 3.63) is 69.8 Å². The second-order valence-corrected chi connectivity index (χ2v) is 8.56. The molecule has 1 fully saturated rings. The third-order valence-electron chi connectivity index (χ3n) is 6.11. The molecule has 0 bridgehead atoms. The van der Waals surface area contributed by atoms with Crippen LogP contribution in [0.15, 0.2) is 41.5 Å². The summed E-state index contributed by atoms with van der Waals surface area (Å²) >= 11 is 0. The second-order valence-electron chi connectivity index (χ2n) is 8.56. The van der Waals surface area contributed by atoms with Crippen molar-refractivity contribution in [2.75, 3.05) is 24.6 Å². The average Bonchev–Trinajstić information content (AvgIpc) is 2.87. The predicted octanol–water partition coefficient (Wildman–Crippen LogP) is 3.39. The quantitative estimate of drug-likeness (QED) is 0.425. The maximum absolute atomic E-state index is 13.1. The van der Waals surface area contributed by atoms with Crippen molar-refractivity contribution in [3.63, 3.8) is 0 Å². The Kier molecular flexibility index (Phi) is 5.91. The van der Waals surface area contributed by atoms with Crippen molar-refractivity contribution in [3.8, 4) is 11.3 Å². The number of ether oxygens (including phenoxy) is 1. The molecule has 0 N–H and O–H groups in total. The van der Waals surface area contributed by atoms with Crippen molar-refractivity contribution in [2.45, 2.75) is 26.1 Å². The molecule has 0 spiro atoms. The number of aromatic nitrogens is 6. The number of fused-ring (bicyclic) bond motifs is 1. The third-order valence-corrected chi connectivity index (χ3v) is 6.11. The van der Waals surface area contributed by atoms with Gasteiger partial charge >= 0.3 is 6.18 Å². The van der Waals surface area contributed by atoms with Crippen molar-refractivity contribution in [1.29, 1.82) is 0 Å². The average molecular weight is 497 g/mol. The Balaban J connectivity index is 1.62. The summed E-state index contributed by atoms with van der Waals surface area (Å²) in [5, 5.41) is 0. The SMILES string of the molecule is Cc1cc([C@H]2CN(c3nc(-c4ccc(C(F)(F)F)nc4)c4nc(C)n(C)c(=O)c4n3)CCO2)ccn1. The number of hydrogen-bond acceptors (Lipinski definition) is 8. The van der Waals surface area contributed by atoms with Gasteiger partial charge in [-0.15, -0.1) is 0 Å². The highest BCUT2D eigenvalue weighted by Gasteiger charge is 2.32. The molecule has 4 aromatic rings. The number of aryl methyl sites for hydroxylation is 2. The van der Waals surface area contributed by atoms with Gasteiger partial charge in [0.25, 0.3) is 5.56 Å². The minimum atomic E-state index is -4.57. The topological polar surface area (TPSA) is 98.9 Å². The molecule has 0 amide bonds. The van der Waals surface area contributed by atoms with Gasteiger partial charge in [0.1, 0.15) is 28.8 Å². The molecule has 4 aromatic heterocycles. The molecular formula is C24H22F3N7O2. The number of alkyl halides is 3. The fourth-order valence-electron chi connectivity index (χ4n) is 4.09. The van der Waals surface area contributed by atoms with Crippen LogP contribution in [0.5, 0.6) is 0 Å². The standard InChI is InChI=1S/C24H22F3N7O2/c1-13-10-15(6-7-28-13)17-12-34(8-9-36-17)23-31-19(16-4-5-18(29-11-16)24(25,26)27)20-21(32-23)22(35)33(3)14(2)30-20/h4-7,10-11,17H,8-9,12H2,1-3H3/t17-/m1/s1. The lowest BCUT2D eigenvalue weighted by molar-refractivity contribution is -0.141. The van der Waals surface area contributed by atoms with E-state index in [4.69, 9.17) is 4.74 Å². The van der Waals surface area contributed by atoms with Gasteiger partial charge in [0.05, 0.1) is 13.2 Å². The number of rotatable bonds is 3. The number of nitrogens with zero attached hydrogens (tertiary/aromatic N) is 7. The summed E-state index contributed by atoms with van der Waals surface area (Å²) in [6.45, 7) is 4.84. The van der Waals surface area contributed by atoms with Gasteiger partial charge in [0.2, 0.25) is 5.95 Å². The second kappa shape index (κ2) is 8.94. The van der Waals surface area contributed by atoms with E-state index in [0.717, 1.165) is 23.5 Å². The van der Waals surface area contributed by atoms with Gasteiger partial charge in [-0.25, -0.2) is 15.0 Å². The van der Waals surface area contributed by atoms with Crippen LogP contribution in [0.4, 0.5) is 19.1 Å². The normalized spacial score (nSPS) is 16.5. The number of anilines is 1. The minimum absolute atomic E-state index is 0.0748. The molecule has 0 unspecified atom stereocenters. The maximum atomic E-state index is 13.1. The first-order valence-electron chi connectivity index (χ1n) is 11.2. The van der Waals surface area contributed by atoms with E-state index in [1.807, 2.05) is 24.0 Å². The molecule has 1 aliphatic heterocycles. The molecule has 36 heavy (non-hydrogen) atoms. The van der Waals surface area contributed by atoms with Gasteiger partial charge in [-0.3, -0.25) is 19.3 Å². The Labute approximate surface area is 203 Å². The van der Waals surface area contributed by atoms with Crippen LogP contribution in [0.1, 0.15) is 28.9 Å². The molecule has 0 aromatic carbocycles. The van der Waals surface area contributed by atoms with Crippen molar-refractivity contribution < 1.29 is 17.9 Å². The van der Waals surface area contributed by atoms with Crippen LogP contribution in [0, 0.1) is 13.8 Å². The smallest absolute Gasteiger partial charge is 0.370 e. The molecule has 186 valence electrons. The van der Waals surface area contributed by atoms with Gasteiger partial charge in [-0.1, -0.05) is 0 Å². The van der Waals surface area contributed by atoms with Gasteiger partial charge in [-0.05, 0) is 43.7 Å². The van der Waals surface area contributed by atoms with Crippen LogP contribution in [0.25, 0.3) is 22.3 Å². The number of morpholine rings is 1. The zero-order valence-corrected chi connectivity index (χ0v) is 19.7. The highest BCUT2D eigenvalue weighted by molar-refractivity contribution is 5.89. The molecule has 0 radical (unpaired) electrons. The van der Waals surface area contributed by atoms with Crippen LogP contribution in [0.2, 0.25) is 0 Å². The first-order chi connectivity index (χ1) is 17.1. The van der Waals surface area contributed by atoms with Gasteiger partial charge in [0, 0.05) is 37.2 Å². The fraction of sp³-hybridized carbons (Fsp3) is 0.333. The molecule has 0 saturated carbocycles. The van der Waals surface area contributed by atoms with Crippen LogP contribution in [-0.2, 0) is 18.0 Å². The van der Waals surface area contributed by atoms with Crippen LogP contribution in [-0.4, -0.2) is 49.2 Å². The van der Waals surface area contributed by atoms with Gasteiger partial charge in [-0.2, -0.15) is 13.2 Å². The molecular weight excluding hydrogens is 475 g/mol. The molecule has 5 heterocycles. The summed E-state index contributed by atoms with van der Waals surface area (Å²) < 4.78 is 46.5. The lowest BCUT2D eigenvalue weighted by atomic mass is 10.1. The van der Waals surface area contributed by atoms with E-state index in [-0.39, 0.29) is 34.3 Å². The lowest BCUT2D eigenvalue weighted by Crippen LogP contribution is -2.39. The molecule has 1 atom stereocenters. The summed E-state index contributed by atoms with van der Waals surface area (Å²) in [5.74, 6) is 0.684. The fourth-order valence-corrected chi connectivity index (χ4v) is 4.09. The maximum Gasteiger partial charge on any atom is 0.433 e. The summed E-state index contributed by atoms with van der Waals surface area (Å²) in [5.41, 5.74) is 1.23. The van der Waals surface area contributed by atoms with E-state index in [9.17, 15) is 18.0 Å². The van der Waals surface area contributed by atoms with E-state index in [2.05, 4.69) is 24.9 Å². The van der Waals surface area contributed by atoms with E-state index < -0.39 is 11.9 Å². The highest BCUT2D eigenvalue weighted by Crippen LogP contribution is 2.31. The molecule has 1 aliphatic rings. The summed E-state index contributed by atoms with van der Waals surface area (Å²) in [6, 6.07) is 5.98. The molecule has 12 heteroatoms. The van der Waals surface area contributed by atoms with Crippen LogP contribution >= 0.6 is 0 Å². The van der Waals surface area contributed by atoms with Crippen LogP contribution < -0.4 is 10.5 Å². The van der Waals surface area contributed by atoms with E-state index >= 15 is 0 Å². The zero-order chi connectivity index (χ0) is 25.6. The van der Waals surface area contributed by atoms with Crippen LogP contribution in [0.3, 0.4) is 0 Å². The number of halogens is 3. The zero-order valence-electron chi connectivity index (χ0n) is 19.7. The Hall–Kier alpha value is -3.93. The van der Waals surface area contributed by atoms with Gasteiger partial charge in [0.15, 0.2) is 5.52 Å². The number of pyridine rings is 2. The van der Waals surface area contributed by atoms with E-state index in [1.165, 1.54) is 10.6 Å². The Morgan fingerprint density at radius 3 is 2.56 bits per heavy atom. The Morgan fingerprint density at radius 1 is 1.06 bits per heavy atom. The minimum Gasteiger partial charge on any atom is -0.370 e. The Bertz CT molecular complexity index is 1500. The Morgan fingerprint density at radius 2 is 1.86 bits per heavy atom.